The number of rotatable bonds is 2. The van der Waals surface area contributed by atoms with Gasteiger partial charge in [0, 0.05) is 23.5 Å². The molecule has 0 aliphatic rings. The molecule has 4 rings (SSSR count). The Hall–Kier alpha value is -2.73. The SMILES string of the molecule is c1ccc(-c2nc3nsnc3nc2-c2ccncc2)cc1. The molecule has 0 saturated heterocycles. The molecular formula is C15H9N5S. The van der Waals surface area contributed by atoms with E-state index in [-0.39, 0.29) is 0 Å². The molecule has 3 heterocycles. The van der Waals surface area contributed by atoms with Gasteiger partial charge in [0.2, 0.25) is 11.3 Å². The third-order valence-corrected chi connectivity index (χ3v) is 3.62. The second-order valence-electron chi connectivity index (χ2n) is 4.43. The molecule has 0 bridgehead atoms. The zero-order chi connectivity index (χ0) is 14.1. The number of benzene rings is 1. The van der Waals surface area contributed by atoms with E-state index in [2.05, 4.69) is 23.7 Å². The summed E-state index contributed by atoms with van der Waals surface area (Å²) in [6.45, 7) is 0. The van der Waals surface area contributed by atoms with Crippen molar-refractivity contribution in [3.8, 4) is 22.5 Å². The fourth-order valence-corrected chi connectivity index (χ4v) is 2.59. The standard InChI is InChI=1S/C15H9N5S/c1-2-4-10(5-3-1)12-13(11-6-8-16-9-7-11)18-15-14(17-12)19-21-20-15/h1-9H. The van der Waals surface area contributed by atoms with Crippen molar-refractivity contribution in [3.05, 3.63) is 54.9 Å². The Bertz CT molecular complexity index is 816. The minimum atomic E-state index is 0.575. The van der Waals surface area contributed by atoms with Gasteiger partial charge in [-0.15, -0.1) is 0 Å². The van der Waals surface area contributed by atoms with Crippen LogP contribution < -0.4 is 0 Å². The maximum atomic E-state index is 4.64. The lowest BCUT2D eigenvalue weighted by atomic mass is 10.1. The first kappa shape index (κ1) is 12.0. The summed E-state index contributed by atoms with van der Waals surface area (Å²) in [6, 6.07) is 13.8. The molecule has 4 aromatic rings. The molecule has 0 fully saturated rings. The van der Waals surface area contributed by atoms with Crippen LogP contribution in [0, 0.1) is 0 Å². The van der Waals surface area contributed by atoms with Crippen LogP contribution in [-0.4, -0.2) is 23.7 Å². The Balaban J connectivity index is 2.03. The largest absolute Gasteiger partial charge is 0.265 e. The molecular weight excluding hydrogens is 282 g/mol. The van der Waals surface area contributed by atoms with Gasteiger partial charge in [0.25, 0.3) is 0 Å². The fraction of sp³-hybridized carbons (Fsp3) is 0. The minimum absolute atomic E-state index is 0.575. The van der Waals surface area contributed by atoms with Crippen molar-refractivity contribution in [2.24, 2.45) is 0 Å². The highest BCUT2D eigenvalue weighted by molar-refractivity contribution is 6.99. The minimum Gasteiger partial charge on any atom is -0.265 e. The van der Waals surface area contributed by atoms with Crippen LogP contribution in [0.25, 0.3) is 33.8 Å². The van der Waals surface area contributed by atoms with Crippen LogP contribution in [-0.2, 0) is 0 Å². The van der Waals surface area contributed by atoms with Crippen LogP contribution in [0.4, 0.5) is 0 Å². The number of hydrogen-bond donors (Lipinski definition) is 0. The van der Waals surface area contributed by atoms with Gasteiger partial charge in [0.15, 0.2) is 0 Å². The first-order chi connectivity index (χ1) is 10.4. The predicted octanol–water partition coefficient (Wildman–Crippen LogP) is 3.21. The molecule has 0 atom stereocenters. The van der Waals surface area contributed by atoms with Crippen LogP contribution in [0.1, 0.15) is 0 Å². The number of hydrogen-bond acceptors (Lipinski definition) is 6. The lowest BCUT2D eigenvalue weighted by Gasteiger charge is -2.07. The number of nitrogens with zero attached hydrogens (tertiary/aromatic N) is 5. The van der Waals surface area contributed by atoms with Crippen molar-refractivity contribution >= 4 is 23.0 Å². The quantitative estimate of drug-likeness (QED) is 0.567. The normalized spacial score (nSPS) is 10.9. The molecule has 1 aromatic carbocycles. The van der Waals surface area contributed by atoms with Crippen LogP contribution in [0.15, 0.2) is 54.9 Å². The van der Waals surface area contributed by atoms with E-state index < -0.39 is 0 Å². The highest BCUT2D eigenvalue weighted by atomic mass is 32.1. The molecule has 0 radical (unpaired) electrons. The molecule has 0 aliphatic carbocycles. The van der Waals surface area contributed by atoms with Gasteiger partial charge in [0.1, 0.15) is 0 Å². The van der Waals surface area contributed by atoms with E-state index in [1.807, 2.05) is 42.5 Å². The fourth-order valence-electron chi connectivity index (χ4n) is 2.15. The van der Waals surface area contributed by atoms with Gasteiger partial charge >= 0.3 is 0 Å². The second kappa shape index (κ2) is 4.99. The van der Waals surface area contributed by atoms with Gasteiger partial charge in [-0.3, -0.25) is 4.98 Å². The monoisotopic (exact) mass is 291 g/mol. The van der Waals surface area contributed by atoms with Crippen LogP contribution in [0.5, 0.6) is 0 Å². The lowest BCUT2D eigenvalue weighted by molar-refractivity contribution is 1.25. The molecule has 6 heteroatoms. The molecule has 0 amide bonds. The maximum Gasteiger partial charge on any atom is 0.213 e. The molecule has 0 aliphatic heterocycles. The summed E-state index contributed by atoms with van der Waals surface area (Å²) in [6.07, 6.45) is 3.49. The Morgan fingerprint density at radius 3 is 1.86 bits per heavy atom. The summed E-state index contributed by atoms with van der Waals surface area (Å²) in [5, 5.41) is 0. The molecule has 0 spiro atoms. The zero-order valence-corrected chi connectivity index (χ0v) is 11.7. The average Bonchev–Trinajstić information content (AvgIpc) is 3.03. The van der Waals surface area contributed by atoms with Crippen molar-refractivity contribution in [2.75, 3.05) is 0 Å². The van der Waals surface area contributed by atoms with E-state index in [1.165, 1.54) is 0 Å². The van der Waals surface area contributed by atoms with Crippen molar-refractivity contribution in [1.82, 2.24) is 23.7 Å². The lowest BCUT2D eigenvalue weighted by Crippen LogP contribution is -1.95. The molecule has 0 unspecified atom stereocenters. The van der Waals surface area contributed by atoms with Gasteiger partial charge in [-0.1, -0.05) is 30.3 Å². The molecule has 100 valence electrons. The summed E-state index contributed by atoms with van der Waals surface area (Å²) in [5.74, 6) is 0. The third kappa shape index (κ3) is 2.15. The molecule has 0 saturated carbocycles. The topological polar surface area (TPSA) is 64.5 Å². The first-order valence-corrected chi connectivity index (χ1v) is 7.11. The van der Waals surface area contributed by atoms with E-state index in [1.54, 1.807) is 12.4 Å². The Morgan fingerprint density at radius 1 is 0.667 bits per heavy atom. The summed E-state index contributed by atoms with van der Waals surface area (Å²) >= 11 is 1.12. The van der Waals surface area contributed by atoms with Crippen molar-refractivity contribution in [3.63, 3.8) is 0 Å². The maximum absolute atomic E-state index is 4.64. The van der Waals surface area contributed by atoms with E-state index in [9.17, 15) is 0 Å². The van der Waals surface area contributed by atoms with Crippen molar-refractivity contribution < 1.29 is 0 Å². The van der Waals surface area contributed by atoms with Crippen LogP contribution in [0.2, 0.25) is 0 Å². The Morgan fingerprint density at radius 2 is 1.24 bits per heavy atom. The van der Waals surface area contributed by atoms with E-state index in [0.717, 1.165) is 34.2 Å². The molecule has 5 nitrogen and oxygen atoms in total. The number of fused-ring (bicyclic) bond motifs is 1. The van der Waals surface area contributed by atoms with Gasteiger partial charge in [-0.05, 0) is 12.1 Å². The van der Waals surface area contributed by atoms with Gasteiger partial charge in [0.05, 0.1) is 23.1 Å². The van der Waals surface area contributed by atoms with Crippen molar-refractivity contribution in [1.29, 1.82) is 0 Å². The van der Waals surface area contributed by atoms with Crippen LogP contribution in [0.3, 0.4) is 0 Å². The van der Waals surface area contributed by atoms with Gasteiger partial charge in [-0.25, -0.2) is 9.97 Å². The van der Waals surface area contributed by atoms with Crippen LogP contribution >= 0.6 is 11.7 Å². The van der Waals surface area contributed by atoms with E-state index in [4.69, 9.17) is 0 Å². The summed E-state index contributed by atoms with van der Waals surface area (Å²) in [4.78, 5) is 13.3. The number of pyridine rings is 1. The molecule has 0 N–H and O–H groups in total. The van der Waals surface area contributed by atoms with E-state index in [0.29, 0.717) is 11.3 Å². The molecule has 21 heavy (non-hydrogen) atoms. The van der Waals surface area contributed by atoms with Gasteiger partial charge < -0.3 is 0 Å². The summed E-state index contributed by atoms with van der Waals surface area (Å²) in [7, 11) is 0. The zero-order valence-electron chi connectivity index (χ0n) is 10.8. The first-order valence-electron chi connectivity index (χ1n) is 6.38. The second-order valence-corrected chi connectivity index (χ2v) is 4.96. The smallest absolute Gasteiger partial charge is 0.213 e. The predicted molar refractivity (Wildman–Crippen MR) is 81.7 cm³/mol. The summed E-state index contributed by atoms with van der Waals surface area (Å²) in [5.41, 5.74) is 4.73. The number of aromatic nitrogens is 5. The Labute approximate surface area is 124 Å². The average molecular weight is 291 g/mol. The Kier molecular flexibility index (Phi) is 2.86. The third-order valence-electron chi connectivity index (χ3n) is 3.12. The summed E-state index contributed by atoms with van der Waals surface area (Å²) < 4.78 is 8.37. The molecule has 3 aromatic heterocycles. The van der Waals surface area contributed by atoms with E-state index >= 15 is 0 Å². The highest BCUT2D eigenvalue weighted by Gasteiger charge is 2.14. The van der Waals surface area contributed by atoms with Crippen molar-refractivity contribution in [2.45, 2.75) is 0 Å². The van der Waals surface area contributed by atoms with Gasteiger partial charge in [-0.2, -0.15) is 8.75 Å². The highest BCUT2D eigenvalue weighted by Crippen LogP contribution is 2.29.